The molecule has 20 heavy (non-hydrogen) atoms. The molecule has 0 bridgehead atoms. The molecule has 0 saturated heterocycles. The monoisotopic (exact) mass is 272 g/mol. The number of anilines is 1. The number of aromatic nitrogens is 3. The molecule has 1 aliphatic rings. The average Bonchev–Trinajstić information content (AvgIpc) is 2.76. The molecule has 1 aliphatic carbocycles. The molecule has 0 unspecified atom stereocenters. The van der Waals surface area contributed by atoms with Crippen molar-refractivity contribution in [2.75, 3.05) is 5.73 Å². The van der Waals surface area contributed by atoms with Crippen LogP contribution in [0.2, 0.25) is 0 Å². The van der Waals surface area contributed by atoms with Crippen molar-refractivity contribution in [3.63, 3.8) is 0 Å². The van der Waals surface area contributed by atoms with E-state index in [1.165, 1.54) is 38.5 Å². The van der Waals surface area contributed by atoms with Crippen molar-refractivity contribution < 1.29 is 0 Å². The van der Waals surface area contributed by atoms with E-state index in [1.54, 1.807) is 0 Å². The summed E-state index contributed by atoms with van der Waals surface area (Å²) in [6.45, 7) is 4.30. The first-order chi connectivity index (χ1) is 9.69. The van der Waals surface area contributed by atoms with Crippen LogP contribution >= 0.6 is 0 Å². The van der Waals surface area contributed by atoms with Gasteiger partial charge in [0.15, 0.2) is 5.65 Å². The second-order valence-corrected chi connectivity index (χ2v) is 6.10. The van der Waals surface area contributed by atoms with Crippen molar-refractivity contribution in [1.29, 1.82) is 0 Å². The van der Waals surface area contributed by atoms with Gasteiger partial charge in [-0.15, -0.1) is 0 Å². The number of nitrogens with zero attached hydrogens (tertiary/aromatic N) is 3. The zero-order valence-electron chi connectivity index (χ0n) is 12.5. The van der Waals surface area contributed by atoms with Gasteiger partial charge in [-0.1, -0.05) is 19.8 Å². The summed E-state index contributed by atoms with van der Waals surface area (Å²) in [6.07, 6.45) is 7.69. The van der Waals surface area contributed by atoms with Gasteiger partial charge in [0, 0.05) is 11.7 Å². The van der Waals surface area contributed by atoms with Gasteiger partial charge in [0.25, 0.3) is 0 Å². The van der Waals surface area contributed by atoms with E-state index in [2.05, 4.69) is 21.5 Å². The molecule has 2 N–H and O–H groups in total. The van der Waals surface area contributed by atoms with E-state index in [1.807, 2.05) is 19.1 Å². The van der Waals surface area contributed by atoms with Gasteiger partial charge in [-0.25, -0.2) is 9.97 Å². The highest BCUT2D eigenvalue weighted by Gasteiger charge is 2.25. The summed E-state index contributed by atoms with van der Waals surface area (Å²) in [5.74, 6) is 1.53. The van der Waals surface area contributed by atoms with E-state index in [-0.39, 0.29) is 0 Å². The quantitative estimate of drug-likeness (QED) is 0.923. The number of aryl methyl sites for hydroxylation is 1. The summed E-state index contributed by atoms with van der Waals surface area (Å²) >= 11 is 0. The molecule has 0 atom stereocenters. The smallest absolute Gasteiger partial charge is 0.202 e. The van der Waals surface area contributed by atoms with Crippen LogP contribution in [0.5, 0.6) is 0 Å². The maximum Gasteiger partial charge on any atom is 0.202 e. The lowest BCUT2D eigenvalue weighted by Gasteiger charge is -2.29. The number of fused-ring (bicyclic) bond motifs is 1. The fourth-order valence-corrected chi connectivity index (χ4v) is 3.55. The van der Waals surface area contributed by atoms with Crippen LogP contribution in [0.4, 0.5) is 5.95 Å². The van der Waals surface area contributed by atoms with Crippen molar-refractivity contribution in [2.24, 2.45) is 5.92 Å². The second-order valence-electron chi connectivity index (χ2n) is 6.10. The number of rotatable bonds is 3. The predicted octanol–water partition coefficient (Wildman–Crippen LogP) is 3.85. The molecule has 4 heteroatoms. The van der Waals surface area contributed by atoms with Crippen LogP contribution in [0, 0.1) is 12.8 Å². The van der Waals surface area contributed by atoms with Crippen LogP contribution in [-0.4, -0.2) is 14.5 Å². The summed E-state index contributed by atoms with van der Waals surface area (Å²) in [5.41, 5.74) is 9.05. The lowest BCUT2D eigenvalue weighted by atomic mass is 9.83. The van der Waals surface area contributed by atoms with Crippen LogP contribution in [0.3, 0.4) is 0 Å². The summed E-state index contributed by atoms with van der Waals surface area (Å²) < 4.78 is 2.17. The number of hydrogen-bond acceptors (Lipinski definition) is 3. The highest BCUT2D eigenvalue weighted by molar-refractivity contribution is 5.74. The summed E-state index contributed by atoms with van der Waals surface area (Å²) in [5, 5.41) is 0. The Kier molecular flexibility index (Phi) is 3.64. The van der Waals surface area contributed by atoms with Gasteiger partial charge in [0.1, 0.15) is 5.52 Å². The van der Waals surface area contributed by atoms with Gasteiger partial charge < -0.3 is 5.73 Å². The first-order valence-corrected chi connectivity index (χ1v) is 7.80. The molecule has 0 amide bonds. The first kappa shape index (κ1) is 13.4. The van der Waals surface area contributed by atoms with E-state index in [0.29, 0.717) is 12.0 Å². The minimum atomic E-state index is 0.474. The van der Waals surface area contributed by atoms with E-state index < -0.39 is 0 Å². The van der Waals surface area contributed by atoms with E-state index in [9.17, 15) is 0 Å². The van der Waals surface area contributed by atoms with Gasteiger partial charge in [-0.3, -0.25) is 4.57 Å². The lowest BCUT2D eigenvalue weighted by Crippen LogP contribution is -2.19. The fourth-order valence-electron chi connectivity index (χ4n) is 3.55. The Labute approximate surface area is 120 Å². The number of nitrogens with two attached hydrogens (primary N) is 1. The Hall–Kier alpha value is -1.58. The van der Waals surface area contributed by atoms with Crippen LogP contribution in [-0.2, 0) is 0 Å². The number of hydrogen-bond donors (Lipinski definition) is 1. The third-order valence-corrected chi connectivity index (χ3v) is 4.58. The van der Waals surface area contributed by atoms with E-state index in [0.717, 1.165) is 22.8 Å². The van der Waals surface area contributed by atoms with Gasteiger partial charge in [-0.2, -0.15) is 0 Å². The molecular weight excluding hydrogens is 248 g/mol. The minimum absolute atomic E-state index is 0.474. The second kappa shape index (κ2) is 5.43. The number of imidazole rings is 1. The van der Waals surface area contributed by atoms with Crippen molar-refractivity contribution in [3.8, 4) is 0 Å². The van der Waals surface area contributed by atoms with Crippen LogP contribution in [0.25, 0.3) is 11.2 Å². The Balaban J connectivity index is 1.87. The highest BCUT2D eigenvalue weighted by atomic mass is 15.2. The average molecular weight is 272 g/mol. The zero-order chi connectivity index (χ0) is 14.1. The lowest BCUT2D eigenvalue weighted by molar-refractivity contribution is 0.267. The molecular formula is C16H24N4. The molecule has 0 aromatic carbocycles. The fraction of sp³-hybridized carbons (Fsp3) is 0.625. The summed E-state index contributed by atoms with van der Waals surface area (Å²) in [4.78, 5) is 9.11. The molecule has 0 radical (unpaired) electrons. The Morgan fingerprint density at radius 1 is 1.20 bits per heavy atom. The Morgan fingerprint density at radius 3 is 2.65 bits per heavy atom. The van der Waals surface area contributed by atoms with Crippen molar-refractivity contribution >= 4 is 17.1 Å². The zero-order valence-corrected chi connectivity index (χ0v) is 12.5. The largest absolute Gasteiger partial charge is 0.369 e. The topological polar surface area (TPSA) is 56.7 Å². The van der Waals surface area contributed by atoms with Gasteiger partial charge in [-0.05, 0) is 50.7 Å². The van der Waals surface area contributed by atoms with Crippen molar-refractivity contribution in [1.82, 2.24) is 14.5 Å². The van der Waals surface area contributed by atoms with Crippen molar-refractivity contribution in [3.05, 3.63) is 17.8 Å². The third kappa shape index (κ3) is 2.39. The molecule has 1 saturated carbocycles. The Bertz CT molecular complexity index is 594. The van der Waals surface area contributed by atoms with Gasteiger partial charge in [0.2, 0.25) is 5.95 Å². The van der Waals surface area contributed by atoms with Gasteiger partial charge in [0.05, 0.1) is 0 Å². The highest BCUT2D eigenvalue weighted by Crippen LogP contribution is 2.37. The maximum absolute atomic E-state index is 6.14. The molecule has 0 aliphatic heterocycles. The Morgan fingerprint density at radius 2 is 1.95 bits per heavy atom. The molecule has 2 aromatic rings. The van der Waals surface area contributed by atoms with Gasteiger partial charge >= 0.3 is 0 Å². The van der Waals surface area contributed by atoms with Crippen LogP contribution in [0.1, 0.15) is 57.2 Å². The minimum Gasteiger partial charge on any atom is -0.369 e. The first-order valence-electron chi connectivity index (χ1n) is 7.80. The van der Waals surface area contributed by atoms with Crippen molar-refractivity contribution in [2.45, 2.75) is 58.4 Å². The number of nitrogen functional groups attached to an aromatic ring is 1. The normalized spacial score (nSPS) is 23.3. The molecule has 2 aromatic heterocycles. The van der Waals surface area contributed by atoms with Crippen LogP contribution < -0.4 is 5.73 Å². The summed E-state index contributed by atoms with van der Waals surface area (Å²) in [7, 11) is 0. The van der Waals surface area contributed by atoms with E-state index in [4.69, 9.17) is 5.73 Å². The molecule has 2 heterocycles. The standard InChI is InChI=1S/C16H24N4/c1-3-4-12-6-8-13(9-7-12)20-15-14(19-16(20)17)10-5-11(2)18-15/h5,10,12-13H,3-4,6-9H2,1-2H3,(H2,17,19). The maximum atomic E-state index is 6.14. The number of pyridine rings is 1. The van der Waals surface area contributed by atoms with E-state index >= 15 is 0 Å². The molecule has 108 valence electrons. The SMILES string of the molecule is CCCC1CCC(n2c(N)nc3ccc(C)nc32)CC1. The molecule has 0 spiro atoms. The predicted molar refractivity (Wildman–Crippen MR) is 82.6 cm³/mol. The molecule has 3 rings (SSSR count). The van der Waals surface area contributed by atoms with Crippen LogP contribution in [0.15, 0.2) is 12.1 Å². The third-order valence-electron chi connectivity index (χ3n) is 4.58. The molecule has 4 nitrogen and oxygen atoms in total. The molecule has 1 fully saturated rings. The summed E-state index contributed by atoms with van der Waals surface area (Å²) in [6, 6.07) is 4.49.